The van der Waals surface area contributed by atoms with Crippen LogP contribution in [0.4, 0.5) is 10.2 Å². The number of benzene rings is 1. The van der Waals surface area contributed by atoms with Crippen LogP contribution in [0.2, 0.25) is 0 Å². The van der Waals surface area contributed by atoms with E-state index in [2.05, 4.69) is 15.4 Å². The lowest BCUT2D eigenvalue weighted by Gasteiger charge is -2.26. The molecule has 6 heteroatoms. The monoisotopic (exact) mass is 326 g/mol. The number of aliphatic hydroxyl groups excluding tert-OH is 1. The fourth-order valence-corrected chi connectivity index (χ4v) is 3.30. The average molecular weight is 326 g/mol. The molecule has 124 valence electrons. The average Bonchev–Trinajstić information content (AvgIpc) is 2.95. The van der Waals surface area contributed by atoms with E-state index in [0.29, 0.717) is 22.7 Å². The van der Waals surface area contributed by atoms with Gasteiger partial charge in [0.15, 0.2) is 11.5 Å². The van der Waals surface area contributed by atoms with Crippen molar-refractivity contribution in [1.29, 1.82) is 0 Å². The number of anilines is 1. The van der Waals surface area contributed by atoms with Crippen molar-refractivity contribution in [3.8, 4) is 11.3 Å². The summed E-state index contributed by atoms with van der Waals surface area (Å²) < 4.78 is 16.0. The summed E-state index contributed by atoms with van der Waals surface area (Å²) in [7, 11) is 0. The molecule has 0 atom stereocenters. The van der Waals surface area contributed by atoms with Crippen LogP contribution >= 0.6 is 0 Å². The van der Waals surface area contributed by atoms with Crippen molar-refractivity contribution in [1.82, 2.24) is 14.6 Å². The van der Waals surface area contributed by atoms with Gasteiger partial charge in [0.2, 0.25) is 0 Å². The number of halogens is 1. The van der Waals surface area contributed by atoms with Crippen molar-refractivity contribution >= 4 is 11.5 Å². The van der Waals surface area contributed by atoms with Gasteiger partial charge in [-0.15, -0.1) is 0 Å². The molecule has 1 aliphatic rings. The van der Waals surface area contributed by atoms with E-state index >= 15 is 0 Å². The second-order valence-corrected chi connectivity index (χ2v) is 6.23. The first-order valence-electron chi connectivity index (χ1n) is 8.25. The van der Waals surface area contributed by atoms with Crippen LogP contribution in [0.5, 0.6) is 0 Å². The van der Waals surface area contributed by atoms with Crippen molar-refractivity contribution in [3.05, 3.63) is 48.4 Å². The molecule has 0 amide bonds. The number of rotatable bonds is 3. The topological polar surface area (TPSA) is 62.5 Å². The lowest BCUT2D eigenvalue weighted by Crippen LogP contribution is -2.28. The third-order valence-electron chi connectivity index (χ3n) is 4.56. The molecule has 0 aliphatic heterocycles. The third kappa shape index (κ3) is 2.73. The lowest BCUT2D eigenvalue weighted by atomic mass is 9.93. The minimum atomic E-state index is -0.299. The first-order valence-corrected chi connectivity index (χ1v) is 8.25. The number of nitrogens with one attached hydrogen (secondary N) is 1. The maximum absolute atomic E-state index is 14.4. The van der Waals surface area contributed by atoms with Crippen LogP contribution in [0.15, 0.2) is 42.6 Å². The number of fused-ring (bicyclic) bond motifs is 1. The van der Waals surface area contributed by atoms with E-state index in [1.807, 2.05) is 18.2 Å². The van der Waals surface area contributed by atoms with Gasteiger partial charge in [-0.2, -0.15) is 5.10 Å². The Labute approximate surface area is 139 Å². The molecule has 4 rings (SSSR count). The summed E-state index contributed by atoms with van der Waals surface area (Å²) in [5, 5.41) is 17.4. The van der Waals surface area contributed by atoms with Crippen LogP contribution in [0.25, 0.3) is 16.9 Å². The fourth-order valence-electron chi connectivity index (χ4n) is 3.30. The van der Waals surface area contributed by atoms with E-state index in [-0.39, 0.29) is 18.0 Å². The molecule has 1 aliphatic carbocycles. The summed E-state index contributed by atoms with van der Waals surface area (Å²) in [4.78, 5) is 4.60. The summed E-state index contributed by atoms with van der Waals surface area (Å²) >= 11 is 0. The highest BCUT2D eigenvalue weighted by Gasteiger charge is 2.23. The second kappa shape index (κ2) is 6.20. The zero-order valence-corrected chi connectivity index (χ0v) is 13.2. The summed E-state index contributed by atoms with van der Waals surface area (Å²) in [6, 6.07) is 10.6. The number of nitrogens with zero attached hydrogens (tertiary/aromatic N) is 3. The van der Waals surface area contributed by atoms with Gasteiger partial charge < -0.3 is 10.4 Å². The molecule has 0 bridgehead atoms. The molecule has 5 nitrogen and oxygen atoms in total. The molecule has 0 saturated heterocycles. The molecule has 24 heavy (non-hydrogen) atoms. The predicted octanol–water partition coefficient (Wildman–Crippen LogP) is 3.25. The zero-order valence-electron chi connectivity index (χ0n) is 13.2. The van der Waals surface area contributed by atoms with Crippen LogP contribution in [0.3, 0.4) is 0 Å². The number of aromatic nitrogens is 3. The molecule has 0 radical (unpaired) electrons. The highest BCUT2D eigenvalue weighted by molar-refractivity contribution is 5.76. The van der Waals surface area contributed by atoms with Gasteiger partial charge in [0, 0.05) is 17.8 Å². The SMILES string of the molecule is OC1CCC(Nc2nc3cccnn3c2-c2ccccc2F)CC1. The molecular weight excluding hydrogens is 307 g/mol. The van der Waals surface area contributed by atoms with Crippen molar-refractivity contribution < 1.29 is 9.50 Å². The Balaban J connectivity index is 1.77. The van der Waals surface area contributed by atoms with E-state index in [0.717, 1.165) is 25.7 Å². The number of hydrogen-bond donors (Lipinski definition) is 2. The van der Waals surface area contributed by atoms with Crippen LogP contribution in [-0.4, -0.2) is 31.9 Å². The van der Waals surface area contributed by atoms with Gasteiger partial charge in [-0.3, -0.25) is 0 Å². The molecule has 0 unspecified atom stereocenters. The normalized spacial score (nSPS) is 21.1. The molecule has 2 heterocycles. The minimum absolute atomic E-state index is 0.211. The van der Waals surface area contributed by atoms with Gasteiger partial charge in [-0.05, 0) is 49.9 Å². The third-order valence-corrected chi connectivity index (χ3v) is 4.56. The summed E-state index contributed by atoms with van der Waals surface area (Å²) in [6.45, 7) is 0. The van der Waals surface area contributed by atoms with E-state index < -0.39 is 0 Å². The van der Waals surface area contributed by atoms with Gasteiger partial charge in [0.05, 0.1) is 6.10 Å². The van der Waals surface area contributed by atoms with Crippen molar-refractivity contribution in [2.75, 3.05) is 5.32 Å². The van der Waals surface area contributed by atoms with E-state index in [9.17, 15) is 9.50 Å². The molecule has 1 saturated carbocycles. The second-order valence-electron chi connectivity index (χ2n) is 6.23. The van der Waals surface area contributed by atoms with Gasteiger partial charge in [-0.1, -0.05) is 12.1 Å². The smallest absolute Gasteiger partial charge is 0.156 e. The van der Waals surface area contributed by atoms with Crippen molar-refractivity contribution in [2.24, 2.45) is 0 Å². The maximum atomic E-state index is 14.4. The quantitative estimate of drug-likeness (QED) is 0.775. The lowest BCUT2D eigenvalue weighted by molar-refractivity contribution is 0.126. The number of imidazole rings is 1. The molecule has 0 spiro atoms. The molecule has 1 fully saturated rings. The standard InChI is InChI=1S/C18H19FN4O/c19-15-5-2-1-4-14(15)17-18(21-12-7-9-13(24)10-8-12)22-16-6-3-11-20-23(16)17/h1-6,11-13,21,24H,7-10H2. The largest absolute Gasteiger partial charge is 0.393 e. The Morgan fingerprint density at radius 3 is 2.67 bits per heavy atom. The Hall–Kier alpha value is -2.47. The maximum Gasteiger partial charge on any atom is 0.156 e. The molecule has 2 aromatic heterocycles. The fraction of sp³-hybridized carbons (Fsp3) is 0.333. The first kappa shape index (κ1) is 15.1. The number of hydrogen-bond acceptors (Lipinski definition) is 4. The highest BCUT2D eigenvalue weighted by atomic mass is 19.1. The molecule has 3 aromatic rings. The van der Waals surface area contributed by atoms with Crippen LogP contribution < -0.4 is 5.32 Å². The van der Waals surface area contributed by atoms with Crippen molar-refractivity contribution in [3.63, 3.8) is 0 Å². The van der Waals surface area contributed by atoms with Crippen LogP contribution in [-0.2, 0) is 0 Å². The van der Waals surface area contributed by atoms with Crippen LogP contribution in [0, 0.1) is 5.82 Å². The van der Waals surface area contributed by atoms with Gasteiger partial charge >= 0.3 is 0 Å². The molecule has 1 aromatic carbocycles. The molecule has 2 N–H and O–H groups in total. The van der Waals surface area contributed by atoms with Gasteiger partial charge in [0.25, 0.3) is 0 Å². The summed E-state index contributed by atoms with van der Waals surface area (Å²) in [6.07, 6.45) is 4.76. The van der Waals surface area contributed by atoms with Gasteiger partial charge in [0.1, 0.15) is 11.5 Å². The van der Waals surface area contributed by atoms with Crippen LogP contribution in [0.1, 0.15) is 25.7 Å². The van der Waals surface area contributed by atoms with Crippen molar-refractivity contribution in [2.45, 2.75) is 37.8 Å². The van der Waals surface area contributed by atoms with Gasteiger partial charge in [-0.25, -0.2) is 13.9 Å². The Bertz CT molecular complexity index is 855. The Morgan fingerprint density at radius 1 is 1.08 bits per heavy atom. The summed E-state index contributed by atoms with van der Waals surface area (Å²) in [5.74, 6) is 0.340. The zero-order chi connectivity index (χ0) is 16.5. The minimum Gasteiger partial charge on any atom is -0.393 e. The predicted molar refractivity (Wildman–Crippen MR) is 90.3 cm³/mol. The van der Waals surface area contributed by atoms with E-state index in [1.165, 1.54) is 6.07 Å². The Kier molecular flexibility index (Phi) is 3.90. The summed E-state index contributed by atoms with van der Waals surface area (Å²) in [5.41, 5.74) is 1.78. The molecular formula is C18H19FN4O. The van der Waals surface area contributed by atoms with E-state index in [4.69, 9.17) is 0 Å². The highest BCUT2D eigenvalue weighted by Crippen LogP contribution is 2.32. The first-order chi connectivity index (χ1) is 11.7. The Morgan fingerprint density at radius 2 is 1.88 bits per heavy atom. The number of aliphatic hydroxyl groups is 1. The van der Waals surface area contributed by atoms with E-state index in [1.54, 1.807) is 22.8 Å².